The minimum Gasteiger partial charge on any atom is -0.468 e. The minimum atomic E-state index is 0.0445. The molecule has 3 heterocycles. The summed E-state index contributed by atoms with van der Waals surface area (Å²) in [5.41, 5.74) is 0.0445. The summed E-state index contributed by atoms with van der Waals surface area (Å²) in [6, 6.07) is 4.31. The highest BCUT2D eigenvalue weighted by Crippen LogP contribution is 2.41. The molecule has 1 N–H and O–H groups in total. The maximum Gasteiger partial charge on any atom is 0.120 e. The Morgan fingerprint density at radius 1 is 1.32 bits per heavy atom. The predicted octanol–water partition coefficient (Wildman–Crippen LogP) is 2.52. The van der Waals surface area contributed by atoms with Gasteiger partial charge in [0.25, 0.3) is 0 Å². The van der Waals surface area contributed by atoms with Gasteiger partial charge in [-0.15, -0.1) is 0 Å². The predicted molar refractivity (Wildman–Crippen MR) is 72.0 cm³/mol. The molecule has 4 heteroatoms. The van der Waals surface area contributed by atoms with E-state index in [1.165, 1.54) is 0 Å². The zero-order valence-electron chi connectivity index (χ0n) is 11.6. The molecule has 2 aliphatic rings. The van der Waals surface area contributed by atoms with Gasteiger partial charge in [0.1, 0.15) is 5.76 Å². The van der Waals surface area contributed by atoms with Gasteiger partial charge in [0.15, 0.2) is 0 Å². The lowest BCUT2D eigenvalue weighted by molar-refractivity contribution is -0.150. The molecule has 19 heavy (non-hydrogen) atoms. The van der Waals surface area contributed by atoms with Crippen LogP contribution in [0.2, 0.25) is 0 Å². The lowest BCUT2D eigenvalue weighted by Gasteiger charge is -2.45. The summed E-state index contributed by atoms with van der Waals surface area (Å²) in [7, 11) is 2.01. The molecule has 2 fully saturated rings. The normalized spacial score (nSPS) is 28.4. The molecule has 2 atom stereocenters. The van der Waals surface area contributed by atoms with Crippen molar-refractivity contribution in [1.29, 1.82) is 0 Å². The first kappa shape index (κ1) is 13.2. The van der Waals surface area contributed by atoms with Gasteiger partial charge in [-0.05, 0) is 50.8 Å². The molecule has 0 bridgehead atoms. The van der Waals surface area contributed by atoms with E-state index in [1.807, 2.05) is 13.1 Å². The molecule has 2 unspecified atom stereocenters. The van der Waals surface area contributed by atoms with Crippen LogP contribution in [0.4, 0.5) is 0 Å². The number of rotatable bonds is 3. The van der Waals surface area contributed by atoms with E-state index in [0.29, 0.717) is 12.0 Å². The van der Waals surface area contributed by atoms with Crippen molar-refractivity contribution >= 4 is 0 Å². The molecular formula is C15H23NO3. The highest BCUT2D eigenvalue weighted by molar-refractivity contribution is 5.07. The third-order valence-electron chi connectivity index (χ3n) is 4.57. The molecule has 4 nitrogen and oxygen atoms in total. The van der Waals surface area contributed by atoms with E-state index in [9.17, 15) is 0 Å². The minimum absolute atomic E-state index is 0.0445. The Hall–Kier alpha value is -0.840. The van der Waals surface area contributed by atoms with Crippen molar-refractivity contribution in [2.75, 3.05) is 26.9 Å². The van der Waals surface area contributed by atoms with E-state index in [2.05, 4.69) is 11.4 Å². The summed E-state index contributed by atoms with van der Waals surface area (Å²) in [4.78, 5) is 0. The number of ether oxygens (including phenoxy) is 2. The first-order valence-corrected chi connectivity index (χ1v) is 7.25. The van der Waals surface area contributed by atoms with Crippen LogP contribution in [0.3, 0.4) is 0 Å². The van der Waals surface area contributed by atoms with E-state index in [0.717, 1.165) is 51.3 Å². The van der Waals surface area contributed by atoms with Gasteiger partial charge in [0.2, 0.25) is 0 Å². The SMILES string of the molecule is CNC(c1ccco1)C1CCOC2(CCOCC2)C1. The van der Waals surface area contributed by atoms with Crippen LogP contribution in [0.1, 0.15) is 37.5 Å². The van der Waals surface area contributed by atoms with Gasteiger partial charge < -0.3 is 19.2 Å². The summed E-state index contributed by atoms with van der Waals surface area (Å²) < 4.78 is 17.2. The van der Waals surface area contributed by atoms with E-state index >= 15 is 0 Å². The van der Waals surface area contributed by atoms with E-state index in [1.54, 1.807) is 6.26 Å². The molecule has 0 aromatic carbocycles. The van der Waals surface area contributed by atoms with Crippen LogP contribution in [0.25, 0.3) is 0 Å². The van der Waals surface area contributed by atoms with Crippen molar-refractivity contribution in [3.8, 4) is 0 Å². The van der Waals surface area contributed by atoms with Crippen molar-refractivity contribution in [3.63, 3.8) is 0 Å². The van der Waals surface area contributed by atoms with Crippen LogP contribution in [0.15, 0.2) is 22.8 Å². The average molecular weight is 265 g/mol. The Labute approximate surface area is 114 Å². The molecule has 106 valence electrons. The summed E-state index contributed by atoms with van der Waals surface area (Å²) in [5.74, 6) is 1.61. The molecule has 1 aromatic rings. The van der Waals surface area contributed by atoms with Crippen molar-refractivity contribution in [1.82, 2.24) is 5.32 Å². The molecule has 2 saturated heterocycles. The Morgan fingerprint density at radius 2 is 2.16 bits per heavy atom. The van der Waals surface area contributed by atoms with E-state index in [4.69, 9.17) is 13.9 Å². The van der Waals surface area contributed by atoms with E-state index in [-0.39, 0.29) is 5.60 Å². The van der Waals surface area contributed by atoms with Crippen molar-refractivity contribution in [3.05, 3.63) is 24.2 Å². The van der Waals surface area contributed by atoms with Crippen LogP contribution in [-0.2, 0) is 9.47 Å². The van der Waals surface area contributed by atoms with Crippen LogP contribution < -0.4 is 5.32 Å². The lowest BCUT2D eigenvalue weighted by Crippen LogP contribution is -2.46. The van der Waals surface area contributed by atoms with Crippen molar-refractivity contribution in [2.24, 2.45) is 5.92 Å². The van der Waals surface area contributed by atoms with Gasteiger partial charge in [0.05, 0.1) is 17.9 Å². The van der Waals surface area contributed by atoms with Gasteiger partial charge in [-0.1, -0.05) is 0 Å². The molecular weight excluding hydrogens is 242 g/mol. The quantitative estimate of drug-likeness (QED) is 0.912. The maximum atomic E-state index is 6.11. The van der Waals surface area contributed by atoms with E-state index < -0.39 is 0 Å². The molecule has 0 amide bonds. The van der Waals surface area contributed by atoms with Crippen LogP contribution in [-0.4, -0.2) is 32.5 Å². The first-order chi connectivity index (χ1) is 9.33. The zero-order chi connectivity index (χ0) is 13.1. The maximum absolute atomic E-state index is 6.11. The third kappa shape index (κ3) is 2.71. The van der Waals surface area contributed by atoms with Crippen LogP contribution in [0, 0.1) is 5.92 Å². The molecule has 0 saturated carbocycles. The number of nitrogens with one attached hydrogen (secondary N) is 1. The van der Waals surface area contributed by atoms with Gasteiger partial charge in [-0.25, -0.2) is 0 Å². The molecule has 0 radical (unpaired) electrons. The first-order valence-electron chi connectivity index (χ1n) is 7.25. The number of hydrogen-bond donors (Lipinski definition) is 1. The Kier molecular flexibility index (Phi) is 3.91. The average Bonchev–Trinajstić information content (AvgIpc) is 2.95. The van der Waals surface area contributed by atoms with Crippen molar-refractivity contribution in [2.45, 2.75) is 37.3 Å². The Bertz CT molecular complexity index is 379. The number of hydrogen-bond acceptors (Lipinski definition) is 4. The third-order valence-corrected chi connectivity index (χ3v) is 4.57. The highest BCUT2D eigenvalue weighted by Gasteiger charge is 2.41. The molecule has 0 aliphatic carbocycles. The lowest BCUT2D eigenvalue weighted by atomic mass is 9.77. The second kappa shape index (κ2) is 5.65. The van der Waals surface area contributed by atoms with Gasteiger partial charge in [0, 0.05) is 19.8 Å². The van der Waals surface area contributed by atoms with Gasteiger partial charge in [-0.2, -0.15) is 0 Å². The second-order valence-corrected chi connectivity index (χ2v) is 5.68. The molecule has 1 spiro atoms. The molecule has 3 rings (SSSR count). The topological polar surface area (TPSA) is 43.6 Å². The fraction of sp³-hybridized carbons (Fsp3) is 0.733. The largest absolute Gasteiger partial charge is 0.468 e. The number of furan rings is 1. The summed E-state index contributed by atoms with van der Waals surface area (Å²) in [6.45, 7) is 2.51. The fourth-order valence-electron chi connectivity index (χ4n) is 3.52. The van der Waals surface area contributed by atoms with Crippen LogP contribution in [0.5, 0.6) is 0 Å². The summed E-state index contributed by atoms with van der Waals surface area (Å²) in [6.07, 6.45) is 6.00. The van der Waals surface area contributed by atoms with Crippen LogP contribution >= 0.6 is 0 Å². The molecule has 2 aliphatic heterocycles. The van der Waals surface area contributed by atoms with Gasteiger partial charge >= 0.3 is 0 Å². The fourth-order valence-corrected chi connectivity index (χ4v) is 3.52. The summed E-state index contributed by atoms with van der Waals surface area (Å²) >= 11 is 0. The standard InChI is InChI=1S/C15H23NO3/c1-16-14(13-3-2-7-18-13)12-4-8-19-15(11-12)5-9-17-10-6-15/h2-3,7,12,14,16H,4-6,8-11H2,1H3. The van der Waals surface area contributed by atoms with Gasteiger partial charge in [-0.3, -0.25) is 0 Å². The van der Waals surface area contributed by atoms with Crippen molar-refractivity contribution < 1.29 is 13.9 Å². The highest BCUT2D eigenvalue weighted by atomic mass is 16.5. The molecule has 1 aromatic heterocycles. The monoisotopic (exact) mass is 265 g/mol. The second-order valence-electron chi connectivity index (χ2n) is 5.68. The summed E-state index contributed by atoms with van der Waals surface area (Å²) in [5, 5.41) is 3.42. The Balaban J connectivity index is 1.73. The smallest absolute Gasteiger partial charge is 0.120 e. The zero-order valence-corrected chi connectivity index (χ0v) is 11.6. The Morgan fingerprint density at radius 3 is 2.84 bits per heavy atom.